The van der Waals surface area contributed by atoms with Gasteiger partial charge in [0.2, 0.25) is 0 Å². The van der Waals surface area contributed by atoms with Gasteiger partial charge in [-0.15, -0.1) is 5.10 Å². The van der Waals surface area contributed by atoms with E-state index in [0.717, 1.165) is 32.2 Å². The molecule has 1 fully saturated rings. The first kappa shape index (κ1) is 15.7. The molecule has 0 bridgehead atoms. The van der Waals surface area contributed by atoms with E-state index in [-0.39, 0.29) is 5.91 Å². The van der Waals surface area contributed by atoms with Crippen LogP contribution >= 0.6 is 0 Å². The predicted octanol–water partition coefficient (Wildman–Crippen LogP) is 2.60. The maximum atomic E-state index is 13.0. The van der Waals surface area contributed by atoms with Crippen LogP contribution in [0.25, 0.3) is 11.2 Å². The number of amides is 1. The molecule has 4 rings (SSSR count). The van der Waals surface area contributed by atoms with Crippen molar-refractivity contribution < 1.29 is 4.79 Å². The number of pyridine rings is 1. The predicted molar refractivity (Wildman–Crippen MR) is 95.1 cm³/mol. The monoisotopic (exact) mass is 335 g/mol. The van der Waals surface area contributed by atoms with Crippen LogP contribution < -0.4 is 0 Å². The van der Waals surface area contributed by atoms with Crippen LogP contribution in [-0.4, -0.2) is 43.4 Å². The fourth-order valence-electron chi connectivity index (χ4n) is 3.59. The zero-order chi connectivity index (χ0) is 17.2. The first-order valence-corrected chi connectivity index (χ1v) is 8.73. The van der Waals surface area contributed by atoms with E-state index >= 15 is 0 Å². The zero-order valence-corrected chi connectivity index (χ0v) is 14.3. The first-order chi connectivity index (χ1) is 12.2. The molecule has 1 atom stereocenters. The van der Waals surface area contributed by atoms with Crippen LogP contribution in [0.2, 0.25) is 0 Å². The summed E-state index contributed by atoms with van der Waals surface area (Å²) in [7, 11) is 1.80. The van der Waals surface area contributed by atoms with Gasteiger partial charge in [0.25, 0.3) is 5.91 Å². The van der Waals surface area contributed by atoms with Crippen LogP contribution in [0.3, 0.4) is 0 Å². The molecule has 1 amide bonds. The number of aryl methyl sites for hydroxylation is 2. The van der Waals surface area contributed by atoms with Gasteiger partial charge >= 0.3 is 0 Å². The Morgan fingerprint density at radius 1 is 1.28 bits per heavy atom. The second kappa shape index (κ2) is 6.63. The second-order valence-corrected chi connectivity index (χ2v) is 6.60. The van der Waals surface area contributed by atoms with Crippen LogP contribution in [0.15, 0.2) is 42.6 Å². The van der Waals surface area contributed by atoms with Gasteiger partial charge < -0.3 is 4.90 Å². The molecule has 0 N–H and O–H groups in total. The Bertz CT molecular complexity index is 889. The number of fused-ring (bicyclic) bond motifs is 1. The van der Waals surface area contributed by atoms with Gasteiger partial charge in [-0.25, -0.2) is 9.67 Å². The van der Waals surface area contributed by atoms with Gasteiger partial charge in [0.15, 0.2) is 5.65 Å². The molecule has 6 heteroatoms. The minimum atomic E-state index is 0.0515. The van der Waals surface area contributed by atoms with Crippen molar-refractivity contribution in [2.45, 2.75) is 31.7 Å². The lowest BCUT2D eigenvalue weighted by molar-refractivity contribution is 0.0730. The maximum absolute atomic E-state index is 13.0. The van der Waals surface area contributed by atoms with Crippen LogP contribution in [-0.2, 0) is 13.5 Å². The first-order valence-electron chi connectivity index (χ1n) is 8.73. The minimum Gasteiger partial charge on any atom is -0.336 e. The van der Waals surface area contributed by atoms with Crippen molar-refractivity contribution in [3.05, 3.63) is 53.7 Å². The fourth-order valence-corrected chi connectivity index (χ4v) is 3.59. The molecule has 1 aromatic carbocycles. The van der Waals surface area contributed by atoms with E-state index in [9.17, 15) is 4.79 Å². The molecule has 1 aliphatic rings. The molecule has 0 saturated carbocycles. The summed E-state index contributed by atoms with van der Waals surface area (Å²) >= 11 is 0. The number of benzene rings is 1. The summed E-state index contributed by atoms with van der Waals surface area (Å²) in [5.74, 6) is 0.0515. The van der Waals surface area contributed by atoms with E-state index in [1.807, 2.05) is 11.0 Å². The van der Waals surface area contributed by atoms with Gasteiger partial charge in [-0.3, -0.25) is 4.79 Å². The van der Waals surface area contributed by atoms with Gasteiger partial charge in [0.05, 0.1) is 5.56 Å². The van der Waals surface area contributed by atoms with Crippen LogP contribution in [0.5, 0.6) is 0 Å². The average molecular weight is 335 g/mol. The molecule has 2 aromatic heterocycles. The molecular formula is C19H21N5O. The lowest BCUT2D eigenvalue weighted by Crippen LogP contribution is -2.35. The third-order valence-electron chi connectivity index (χ3n) is 4.93. The Labute approximate surface area is 146 Å². The van der Waals surface area contributed by atoms with Gasteiger partial charge in [-0.1, -0.05) is 35.5 Å². The number of carbonyl (C=O) groups is 1. The molecule has 3 heterocycles. The lowest BCUT2D eigenvalue weighted by Gasteiger charge is -2.24. The van der Waals surface area contributed by atoms with Gasteiger partial charge in [-0.05, 0) is 37.3 Å². The number of rotatable bonds is 4. The summed E-state index contributed by atoms with van der Waals surface area (Å²) in [6, 6.07) is 12.5. The molecule has 0 unspecified atom stereocenters. The summed E-state index contributed by atoms with van der Waals surface area (Å²) in [6.07, 6.45) is 5.76. The smallest absolute Gasteiger partial charge is 0.255 e. The largest absolute Gasteiger partial charge is 0.336 e. The Balaban J connectivity index is 1.49. The molecule has 25 heavy (non-hydrogen) atoms. The van der Waals surface area contributed by atoms with E-state index in [2.05, 4.69) is 39.6 Å². The number of hydrogen-bond acceptors (Lipinski definition) is 4. The Morgan fingerprint density at radius 2 is 2.12 bits per heavy atom. The highest BCUT2D eigenvalue weighted by Crippen LogP contribution is 2.24. The molecule has 0 spiro atoms. The number of aromatic nitrogens is 4. The molecule has 1 saturated heterocycles. The molecule has 128 valence electrons. The highest BCUT2D eigenvalue weighted by atomic mass is 16.2. The van der Waals surface area contributed by atoms with Crippen LogP contribution in [0.1, 0.15) is 35.2 Å². The number of carbonyl (C=O) groups excluding carboxylic acids is 1. The summed E-state index contributed by atoms with van der Waals surface area (Å²) < 4.78 is 1.61. The van der Waals surface area contributed by atoms with E-state index in [1.54, 1.807) is 24.0 Å². The molecule has 6 nitrogen and oxygen atoms in total. The second-order valence-electron chi connectivity index (χ2n) is 6.60. The highest BCUT2D eigenvalue weighted by Gasteiger charge is 2.29. The lowest BCUT2D eigenvalue weighted by atomic mass is 10.0. The zero-order valence-electron chi connectivity index (χ0n) is 14.3. The van der Waals surface area contributed by atoms with Crippen molar-refractivity contribution in [1.82, 2.24) is 24.9 Å². The third-order valence-corrected chi connectivity index (χ3v) is 4.93. The van der Waals surface area contributed by atoms with Crippen molar-refractivity contribution in [2.75, 3.05) is 6.54 Å². The summed E-state index contributed by atoms with van der Waals surface area (Å²) in [6.45, 7) is 0.816. The standard InChI is InChI=1S/C19H21N5O/c1-23-18-17(21-22-23)12-15(13-20-18)19(25)24-11-5-8-16(24)10-9-14-6-3-2-4-7-14/h2-4,6-7,12-13,16H,5,8-11H2,1H3/t16-/m0/s1. The summed E-state index contributed by atoms with van der Waals surface area (Å²) in [4.78, 5) is 19.3. The number of likely N-dealkylation sites (tertiary alicyclic amines) is 1. The SMILES string of the molecule is Cn1nnc2cc(C(=O)N3CCC[C@H]3CCc3ccccc3)cnc21. The van der Waals surface area contributed by atoms with Crippen molar-refractivity contribution in [3.8, 4) is 0 Å². The number of hydrogen-bond donors (Lipinski definition) is 0. The van der Waals surface area contributed by atoms with Crippen LogP contribution in [0.4, 0.5) is 0 Å². The summed E-state index contributed by atoms with van der Waals surface area (Å²) in [5, 5.41) is 8.01. The number of nitrogens with zero attached hydrogens (tertiary/aromatic N) is 5. The molecule has 3 aromatic rings. The minimum absolute atomic E-state index is 0.0515. The third kappa shape index (κ3) is 3.12. The maximum Gasteiger partial charge on any atom is 0.255 e. The van der Waals surface area contributed by atoms with Gasteiger partial charge in [0, 0.05) is 25.8 Å². The van der Waals surface area contributed by atoms with Gasteiger partial charge in [-0.2, -0.15) is 0 Å². The van der Waals surface area contributed by atoms with E-state index in [1.165, 1.54) is 5.56 Å². The average Bonchev–Trinajstić information content (AvgIpc) is 3.27. The Kier molecular flexibility index (Phi) is 4.17. The van der Waals surface area contributed by atoms with E-state index < -0.39 is 0 Å². The van der Waals surface area contributed by atoms with Crippen molar-refractivity contribution in [3.63, 3.8) is 0 Å². The highest BCUT2D eigenvalue weighted by molar-refractivity contribution is 5.96. The Morgan fingerprint density at radius 3 is 2.96 bits per heavy atom. The Hall–Kier alpha value is -2.76. The van der Waals surface area contributed by atoms with Crippen LogP contribution in [0, 0.1) is 0 Å². The van der Waals surface area contributed by atoms with Gasteiger partial charge in [0.1, 0.15) is 5.52 Å². The molecule has 0 radical (unpaired) electrons. The van der Waals surface area contributed by atoms with Crippen molar-refractivity contribution >= 4 is 17.1 Å². The fraction of sp³-hybridized carbons (Fsp3) is 0.368. The normalized spacial score (nSPS) is 17.3. The molecule has 0 aliphatic carbocycles. The van der Waals surface area contributed by atoms with Crippen molar-refractivity contribution in [1.29, 1.82) is 0 Å². The molecule has 1 aliphatic heterocycles. The van der Waals surface area contributed by atoms with E-state index in [0.29, 0.717) is 22.8 Å². The summed E-state index contributed by atoms with van der Waals surface area (Å²) in [5.41, 5.74) is 3.27. The molecular weight excluding hydrogens is 314 g/mol. The topological polar surface area (TPSA) is 63.9 Å². The van der Waals surface area contributed by atoms with E-state index in [4.69, 9.17) is 0 Å². The quantitative estimate of drug-likeness (QED) is 0.735. The van der Waals surface area contributed by atoms with Crippen molar-refractivity contribution in [2.24, 2.45) is 7.05 Å².